The number of rotatable bonds is 3. The predicted molar refractivity (Wildman–Crippen MR) is 96.7 cm³/mol. The molecule has 0 aromatic heterocycles. The van der Waals surface area contributed by atoms with E-state index in [1.165, 1.54) is 18.7 Å². The molecular weight excluding hydrogens is 359 g/mol. The largest absolute Gasteiger partial charge is 0.394 e. The molecule has 3 rings (SSSR count). The van der Waals surface area contributed by atoms with Crippen molar-refractivity contribution in [2.45, 2.75) is 38.5 Å². The summed E-state index contributed by atoms with van der Waals surface area (Å²) in [5.41, 5.74) is 0.707. The number of para-hydroxylation sites is 1. The van der Waals surface area contributed by atoms with Crippen LogP contribution in [0.3, 0.4) is 0 Å². The molecule has 0 bridgehead atoms. The second kappa shape index (κ2) is 7.58. The van der Waals surface area contributed by atoms with Crippen molar-refractivity contribution < 1.29 is 22.7 Å². The molecule has 150 valence electrons. The quantitative estimate of drug-likeness (QED) is 0.868. The Kier molecular flexibility index (Phi) is 5.55. The fourth-order valence-corrected chi connectivity index (χ4v) is 4.05. The lowest BCUT2D eigenvalue weighted by atomic mass is 9.88. The Bertz CT molecular complexity index is 672. The van der Waals surface area contributed by atoms with E-state index in [4.69, 9.17) is 4.74 Å². The van der Waals surface area contributed by atoms with Crippen molar-refractivity contribution in [1.29, 1.82) is 0 Å². The summed E-state index contributed by atoms with van der Waals surface area (Å²) in [5.74, 6) is -1.50. The van der Waals surface area contributed by atoms with Gasteiger partial charge in [0.05, 0.1) is 24.7 Å². The maximum absolute atomic E-state index is 13.2. The summed E-state index contributed by atoms with van der Waals surface area (Å²) in [7, 11) is 0. The van der Waals surface area contributed by atoms with E-state index >= 15 is 0 Å². The maximum Gasteiger partial charge on any atom is 0.394 e. The van der Waals surface area contributed by atoms with Gasteiger partial charge in [-0.3, -0.25) is 0 Å². The van der Waals surface area contributed by atoms with Crippen LogP contribution in [0.2, 0.25) is 0 Å². The molecule has 2 saturated heterocycles. The van der Waals surface area contributed by atoms with Crippen LogP contribution < -0.4 is 10.2 Å². The third kappa shape index (κ3) is 4.15. The molecule has 27 heavy (non-hydrogen) atoms. The van der Waals surface area contributed by atoms with Crippen LogP contribution in [-0.2, 0) is 11.3 Å². The van der Waals surface area contributed by atoms with Crippen LogP contribution in [0.5, 0.6) is 0 Å². The van der Waals surface area contributed by atoms with Crippen LogP contribution in [0.4, 0.5) is 23.7 Å². The molecule has 1 N–H and O–H groups in total. The minimum Gasteiger partial charge on any atom is -0.378 e. The van der Waals surface area contributed by atoms with E-state index in [2.05, 4.69) is 10.2 Å². The number of nitrogens with zero attached hydrogens (tertiary/aromatic N) is 2. The van der Waals surface area contributed by atoms with Gasteiger partial charge in [0.15, 0.2) is 0 Å². The van der Waals surface area contributed by atoms with Gasteiger partial charge in [0, 0.05) is 31.9 Å². The number of ether oxygens (including phenoxy) is 1. The second-order valence-corrected chi connectivity index (χ2v) is 7.58. The molecule has 8 heteroatoms. The summed E-state index contributed by atoms with van der Waals surface area (Å²) in [6.07, 6.45) is -4.37. The number of nitrogens with one attached hydrogen (secondary N) is 1. The molecule has 1 aromatic rings. The molecular formula is C19H26F3N3O2. The maximum atomic E-state index is 13.2. The summed E-state index contributed by atoms with van der Waals surface area (Å²) >= 11 is 0. The fraction of sp³-hybridized carbons (Fsp3) is 0.632. The van der Waals surface area contributed by atoms with E-state index in [1.54, 1.807) is 0 Å². The van der Waals surface area contributed by atoms with Gasteiger partial charge in [-0.2, -0.15) is 13.2 Å². The van der Waals surface area contributed by atoms with Crippen LogP contribution >= 0.6 is 0 Å². The summed E-state index contributed by atoms with van der Waals surface area (Å²) < 4.78 is 45.1. The van der Waals surface area contributed by atoms with Crippen molar-refractivity contribution in [3.8, 4) is 0 Å². The first-order valence-electron chi connectivity index (χ1n) is 9.24. The molecule has 0 saturated carbocycles. The van der Waals surface area contributed by atoms with E-state index in [1.807, 2.05) is 24.3 Å². The van der Waals surface area contributed by atoms with Crippen LogP contribution in [0.1, 0.15) is 25.8 Å². The predicted octanol–water partition coefficient (Wildman–Crippen LogP) is 3.40. The number of morpholine rings is 1. The van der Waals surface area contributed by atoms with Crippen molar-refractivity contribution in [1.82, 2.24) is 10.2 Å². The van der Waals surface area contributed by atoms with Gasteiger partial charge in [0.2, 0.25) is 0 Å². The van der Waals surface area contributed by atoms with Crippen LogP contribution in [-0.4, -0.2) is 55.5 Å². The number of carbonyl (C=O) groups is 1. The SMILES string of the molecule is CC1(C)C(C(F)(F)F)CCN1C(=O)NCc1ccccc1N1CCOCC1. The topological polar surface area (TPSA) is 44.8 Å². The number of hydrogen-bond acceptors (Lipinski definition) is 3. The minimum absolute atomic E-state index is 0.0612. The lowest BCUT2D eigenvalue weighted by Gasteiger charge is -2.36. The molecule has 1 unspecified atom stereocenters. The number of hydrogen-bond donors (Lipinski definition) is 1. The van der Waals surface area contributed by atoms with Crippen LogP contribution in [0.25, 0.3) is 0 Å². The first-order chi connectivity index (χ1) is 12.7. The monoisotopic (exact) mass is 385 g/mol. The van der Waals surface area contributed by atoms with Crippen molar-refractivity contribution >= 4 is 11.7 Å². The molecule has 2 fully saturated rings. The molecule has 2 heterocycles. The van der Waals surface area contributed by atoms with Crippen LogP contribution in [0, 0.1) is 5.92 Å². The lowest BCUT2D eigenvalue weighted by Crippen LogP contribution is -2.52. The number of carbonyl (C=O) groups excluding carboxylic acids is 1. The molecule has 2 aliphatic heterocycles. The van der Waals surface area contributed by atoms with Crippen molar-refractivity contribution in [2.75, 3.05) is 37.7 Å². The number of amides is 2. The molecule has 0 radical (unpaired) electrons. The normalized spacial score (nSPS) is 22.8. The highest BCUT2D eigenvalue weighted by Gasteiger charge is 2.56. The number of urea groups is 1. The minimum atomic E-state index is -4.30. The van der Waals surface area contributed by atoms with Crippen molar-refractivity contribution in [2.24, 2.45) is 5.92 Å². The Morgan fingerprint density at radius 1 is 1.22 bits per heavy atom. The first kappa shape index (κ1) is 19.8. The molecule has 5 nitrogen and oxygen atoms in total. The summed E-state index contributed by atoms with van der Waals surface area (Å²) in [5, 5.41) is 2.81. The van der Waals surface area contributed by atoms with Crippen LogP contribution in [0.15, 0.2) is 24.3 Å². The van der Waals surface area contributed by atoms with Gasteiger partial charge in [-0.05, 0) is 31.9 Å². The average Bonchev–Trinajstić information content (AvgIpc) is 2.96. The number of anilines is 1. The summed E-state index contributed by atoms with van der Waals surface area (Å²) in [4.78, 5) is 16.1. The third-order valence-electron chi connectivity index (χ3n) is 5.60. The van der Waals surface area contributed by atoms with E-state index in [0.29, 0.717) is 13.2 Å². The highest BCUT2D eigenvalue weighted by molar-refractivity contribution is 5.76. The average molecular weight is 385 g/mol. The fourth-order valence-electron chi connectivity index (χ4n) is 4.05. The molecule has 2 amide bonds. The third-order valence-corrected chi connectivity index (χ3v) is 5.60. The van der Waals surface area contributed by atoms with E-state index in [-0.39, 0.29) is 19.5 Å². The van der Waals surface area contributed by atoms with Gasteiger partial charge in [-0.1, -0.05) is 18.2 Å². The first-order valence-corrected chi connectivity index (χ1v) is 9.24. The van der Waals surface area contributed by atoms with E-state index in [9.17, 15) is 18.0 Å². The number of benzene rings is 1. The highest BCUT2D eigenvalue weighted by Crippen LogP contribution is 2.44. The van der Waals surface area contributed by atoms with Gasteiger partial charge in [-0.15, -0.1) is 0 Å². The molecule has 1 atom stereocenters. The van der Waals surface area contributed by atoms with Gasteiger partial charge >= 0.3 is 12.2 Å². The lowest BCUT2D eigenvalue weighted by molar-refractivity contribution is -0.189. The zero-order valence-electron chi connectivity index (χ0n) is 15.7. The van der Waals surface area contributed by atoms with Gasteiger partial charge in [0.1, 0.15) is 0 Å². The molecule has 2 aliphatic rings. The Morgan fingerprint density at radius 3 is 2.52 bits per heavy atom. The van der Waals surface area contributed by atoms with Gasteiger partial charge < -0.3 is 19.9 Å². The standard InChI is InChI=1S/C19H26F3N3O2/c1-18(2)16(19(20,21)22)7-8-25(18)17(26)23-13-14-5-3-4-6-15(14)24-9-11-27-12-10-24/h3-6,16H,7-13H2,1-2H3,(H,23,26). The summed E-state index contributed by atoms with van der Waals surface area (Å²) in [6, 6.07) is 7.30. The molecule has 0 aliphatic carbocycles. The smallest absolute Gasteiger partial charge is 0.378 e. The van der Waals surface area contributed by atoms with Crippen molar-refractivity contribution in [3.63, 3.8) is 0 Å². The Balaban J connectivity index is 1.66. The van der Waals surface area contributed by atoms with Gasteiger partial charge in [-0.25, -0.2) is 4.79 Å². The van der Waals surface area contributed by atoms with E-state index in [0.717, 1.165) is 24.3 Å². The number of alkyl halides is 3. The van der Waals surface area contributed by atoms with Crippen molar-refractivity contribution in [3.05, 3.63) is 29.8 Å². The number of likely N-dealkylation sites (tertiary alicyclic amines) is 1. The van der Waals surface area contributed by atoms with Gasteiger partial charge in [0.25, 0.3) is 0 Å². The Morgan fingerprint density at radius 2 is 1.89 bits per heavy atom. The van der Waals surface area contributed by atoms with E-state index < -0.39 is 23.7 Å². The Labute approximate surface area is 157 Å². The second-order valence-electron chi connectivity index (χ2n) is 7.58. The highest BCUT2D eigenvalue weighted by atomic mass is 19.4. The molecule has 1 aromatic carbocycles. The number of halogens is 3. The summed E-state index contributed by atoms with van der Waals surface area (Å²) in [6.45, 7) is 6.21. The zero-order valence-corrected chi connectivity index (χ0v) is 15.7. The zero-order chi connectivity index (χ0) is 19.7. The molecule has 0 spiro atoms. The Hall–Kier alpha value is -1.96.